The Morgan fingerprint density at radius 3 is 1.21 bits per heavy atom. The van der Waals surface area contributed by atoms with Crippen LogP contribution < -0.4 is 17.2 Å². The minimum absolute atomic E-state index is 0.00142. The first-order valence-corrected chi connectivity index (χ1v) is 7.61. The van der Waals surface area contributed by atoms with Gasteiger partial charge < -0.3 is 36.5 Å². The lowest BCUT2D eigenvalue weighted by molar-refractivity contribution is -0.165. The molecule has 0 fully saturated rings. The molecule has 0 aromatic heterocycles. The summed E-state index contributed by atoms with van der Waals surface area (Å²) in [6, 6.07) is 0. The number of carbonyl (C=O) groups excluding carboxylic acids is 3. The van der Waals surface area contributed by atoms with Crippen molar-refractivity contribution >= 4 is 17.9 Å². The molecule has 10 nitrogen and oxygen atoms in total. The third-order valence-corrected chi connectivity index (χ3v) is 3.00. The van der Waals surface area contributed by atoms with Crippen LogP contribution in [0.3, 0.4) is 0 Å². The molecule has 0 amide bonds. The first kappa shape index (κ1) is 22.2. The van der Waals surface area contributed by atoms with Gasteiger partial charge in [-0.1, -0.05) is 0 Å². The van der Waals surface area contributed by atoms with Crippen LogP contribution in [0.25, 0.3) is 0 Å². The summed E-state index contributed by atoms with van der Waals surface area (Å²) in [7, 11) is 0. The molecule has 0 heterocycles. The Kier molecular flexibility index (Phi) is 11.7. The Labute approximate surface area is 140 Å². The number of carbonyl (C=O) groups is 3. The van der Waals surface area contributed by atoms with E-state index >= 15 is 0 Å². The maximum Gasteiger partial charge on any atom is 0.307 e. The predicted octanol–water partition coefficient (Wildman–Crippen LogP) is -2.36. The lowest BCUT2D eigenvalue weighted by Crippen LogP contribution is -2.43. The minimum atomic E-state index is -1.27. The molecule has 10 heteroatoms. The van der Waals surface area contributed by atoms with Crippen molar-refractivity contribution in [1.29, 1.82) is 0 Å². The van der Waals surface area contributed by atoms with Crippen LogP contribution in [-0.4, -0.2) is 69.1 Å². The fraction of sp³-hybridized carbons (Fsp3) is 0.786. The first-order chi connectivity index (χ1) is 11.4. The summed E-state index contributed by atoms with van der Waals surface area (Å²) in [5.41, 5.74) is 14.5. The van der Waals surface area contributed by atoms with Gasteiger partial charge in [0.2, 0.25) is 0 Å². The molecule has 0 unspecified atom stereocenters. The number of esters is 3. The van der Waals surface area contributed by atoms with E-state index in [4.69, 9.17) is 31.4 Å². The highest BCUT2D eigenvalue weighted by Crippen LogP contribution is 2.20. The van der Waals surface area contributed by atoms with Crippen molar-refractivity contribution in [3.63, 3.8) is 0 Å². The third kappa shape index (κ3) is 9.40. The van der Waals surface area contributed by atoms with Gasteiger partial charge in [0.25, 0.3) is 0 Å². The SMILES string of the molecule is NCCC(=O)OCC(CO)(COC(=O)CCN)COC(=O)CCN. The van der Waals surface area contributed by atoms with Crippen LogP contribution in [0.1, 0.15) is 19.3 Å². The van der Waals surface area contributed by atoms with Crippen molar-refractivity contribution in [2.45, 2.75) is 19.3 Å². The summed E-state index contributed by atoms with van der Waals surface area (Å²) < 4.78 is 15.0. The fourth-order valence-electron chi connectivity index (χ4n) is 1.53. The van der Waals surface area contributed by atoms with Crippen molar-refractivity contribution in [1.82, 2.24) is 0 Å². The van der Waals surface area contributed by atoms with Crippen LogP contribution in [0.5, 0.6) is 0 Å². The van der Waals surface area contributed by atoms with E-state index in [1.54, 1.807) is 0 Å². The van der Waals surface area contributed by atoms with Gasteiger partial charge in [-0.05, 0) is 0 Å². The molecule has 0 rings (SSSR count). The van der Waals surface area contributed by atoms with Crippen molar-refractivity contribution in [3.8, 4) is 0 Å². The van der Waals surface area contributed by atoms with E-state index < -0.39 is 29.9 Å². The van der Waals surface area contributed by atoms with Gasteiger partial charge >= 0.3 is 17.9 Å². The monoisotopic (exact) mass is 349 g/mol. The zero-order valence-electron chi connectivity index (χ0n) is 13.7. The van der Waals surface area contributed by atoms with E-state index in [9.17, 15) is 19.5 Å². The summed E-state index contributed by atoms with van der Waals surface area (Å²) in [5, 5.41) is 9.66. The van der Waals surface area contributed by atoms with Gasteiger partial charge in [-0.15, -0.1) is 0 Å². The van der Waals surface area contributed by atoms with Gasteiger partial charge in [-0.25, -0.2) is 0 Å². The summed E-state index contributed by atoms with van der Waals surface area (Å²) in [6.45, 7) is -1.09. The third-order valence-electron chi connectivity index (χ3n) is 3.00. The van der Waals surface area contributed by atoms with E-state index in [0.717, 1.165) is 0 Å². The topological polar surface area (TPSA) is 177 Å². The molecular weight excluding hydrogens is 322 g/mol. The van der Waals surface area contributed by atoms with Gasteiger partial charge in [-0.2, -0.15) is 0 Å². The average Bonchev–Trinajstić information content (AvgIpc) is 2.55. The highest BCUT2D eigenvalue weighted by Gasteiger charge is 2.35. The second-order valence-electron chi connectivity index (χ2n) is 5.26. The van der Waals surface area contributed by atoms with E-state index in [2.05, 4.69) is 0 Å². The molecule has 0 aromatic carbocycles. The second-order valence-corrected chi connectivity index (χ2v) is 5.26. The van der Waals surface area contributed by atoms with E-state index in [0.29, 0.717) is 0 Å². The summed E-state index contributed by atoms with van der Waals surface area (Å²) >= 11 is 0. The molecule has 0 spiro atoms. The number of nitrogens with two attached hydrogens (primary N) is 3. The van der Waals surface area contributed by atoms with Crippen LogP contribution in [0, 0.1) is 5.41 Å². The molecule has 0 saturated carbocycles. The molecular formula is C14H27N3O7. The standard InChI is InChI=1S/C14H27N3O7/c15-4-1-11(19)22-8-14(7-18,9-23-12(20)2-5-16)10-24-13(21)3-6-17/h18H,1-10,15-17H2. The summed E-state index contributed by atoms with van der Waals surface area (Å²) in [5.74, 6) is -1.72. The molecule has 0 radical (unpaired) electrons. The predicted molar refractivity (Wildman–Crippen MR) is 83.4 cm³/mol. The maximum atomic E-state index is 11.5. The Bertz CT molecular complexity index is 349. The van der Waals surface area contributed by atoms with Crippen molar-refractivity contribution < 1.29 is 33.7 Å². The molecule has 7 N–H and O–H groups in total. The fourth-order valence-corrected chi connectivity index (χ4v) is 1.53. The van der Waals surface area contributed by atoms with Crippen LogP contribution in [-0.2, 0) is 28.6 Å². The van der Waals surface area contributed by atoms with Crippen molar-refractivity contribution in [2.24, 2.45) is 22.6 Å². The van der Waals surface area contributed by atoms with Crippen molar-refractivity contribution in [2.75, 3.05) is 46.1 Å². The molecule has 0 atom stereocenters. The van der Waals surface area contributed by atoms with Crippen LogP contribution in [0.15, 0.2) is 0 Å². The van der Waals surface area contributed by atoms with E-state index in [1.165, 1.54) is 0 Å². The van der Waals surface area contributed by atoms with Gasteiger partial charge in [-0.3, -0.25) is 14.4 Å². The van der Waals surface area contributed by atoms with E-state index in [-0.39, 0.29) is 58.7 Å². The van der Waals surface area contributed by atoms with Crippen LogP contribution in [0.2, 0.25) is 0 Å². The number of rotatable bonds is 13. The highest BCUT2D eigenvalue weighted by atomic mass is 16.6. The van der Waals surface area contributed by atoms with Crippen LogP contribution >= 0.6 is 0 Å². The lowest BCUT2D eigenvalue weighted by atomic mass is 9.92. The summed E-state index contributed by atoms with van der Waals surface area (Å²) in [4.78, 5) is 34.4. The molecule has 0 aliphatic heterocycles. The molecule has 0 aliphatic rings. The number of hydrogen-bond donors (Lipinski definition) is 4. The molecule has 140 valence electrons. The zero-order valence-corrected chi connectivity index (χ0v) is 13.7. The van der Waals surface area contributed by atoms with Crippen molar-refractivity contribution in [3.05, 3.63) is 0 Å². The van der Waals surface area contributed by atoms with Gasteiger partial charge in [0, 0.05) is 19.6 Å². The minimum Gasteiger partial charge on any atom is -0.465 e. The molecule has 0 aliphatic carbocycles. The number of ether oxygens (including phenoxy) is 3. The number of aliphatic hydroxyl groups excluding tert-OH is 1. The molecule has 24 heavy (non-hydrogen) atoms. The average molecular weight is 349 g/mol. The smallest absolute Gasteiger partial charge is 0.307 e. The first-order valence-electron chi connectivity index (χ1n) is 7.61. The van der Waals surface area contributed by atoms with Gasteiger partial charge in [0.05, 0.1) is 31.3 Å². The largest absolute Gasteiger partial charge is 0.465 e. The molecule has 0 aromatic rings. The second kappa shape index (κ2) is 12.6. The van der Waals surface area contributed by atoms with Crippen LogP contribution in [0.4, 0.5) is 0 Å². The molecule has 0 saturated heterocycles. The summed E-state index contributed by atoms with van der Waals surface area (Å²) in [6.07, 6.45) is 0.00426. The lowest BCUT2D eigenvalue weighted by Gasteiger charge is -2.30. The quantitative estimate of drug-likeness (QED) is 0.208. The molecule has 0 bridgehead atoms. The Hall–Kier alpha value is -1.75. The number of aliphatic hydroxyl groups is 1. The Morgan fingerprint density at radius 2 is 1.00 bits per heavy atom. The Morgan fingerprint density at radius 1 is 0.708 bits per heavy atom. The zero-order chi connectivity index (χ0) is 18.4. The highest BCUT2D eigenvalue weighted by molar-refractivity contribution is 5.70. The normalized spacial score (nSPS) is 11.0. The van der Waals surface area contributed by atoms with E-state index in [1.807, 2.05) is 0 Å². The number of hydrogen-bond acceptors (Lipinski definition) is 10. The Balaban J connectivity index is 4.81. The maximum absolute atomic E-state index is 11.5. The van der Waals surface area contributed by atoms with Gasteiger partial charge in [0.15, 0.2) is 0 Å². The van der Waals surface area contributed by atoms with Gasteiger partial charge in [0.1, 0.15) is 19.8 Å².